The minimum atomic E-state index is 0. The minimum absolute atomic E-state index is 0. The third-order valence-electron chi connectivity index (χ3n) is 4.67. The molecule has 2 N–H and O–H groups in total. The fraction of sp³-hybridized carbons (Fsp3) is 0.611. The molecule has 0 saturated carbocycles. The molecule has 1 aliphatic heterocycles. The topological polar surface area (TPSA) is 48.9 Å². The van der Waals surface area contributed by atoms with Gasteiger partial charge in [0.05, 0.1) is 6.54 Å². The summed E-state index contributed by atoms with van der Waals surface area (Å²) in [7, 11) is 4.28. The molecule has 142 valence electrons. The molecule has 0 bridgehead atoms. The number of rotatable bonds is 6. The lowest BCUT2D eigenvalue weighted by atomic mass is 9.88. The third kappa shape index (κ3) is 6.58. The molecule has 1 aromatic carbocycles. The summed E-state index contributed by atoms with van der Waals surface area (Å²) in [5.41, 5.74) is 1.14. The van der Waals surface area contributed by atoms with Crippen LogP contribution in [0.3, 0.4) is 0 Å². The van der Waals surface area contributed by atoms with Gasteiger partial charge >= 0.3 is 0 Å². The largest absolute Gasteiger partial charge is 0.381 e. The second kappa shape index (κ2) is 11.2. The lowest BCUT2D eigenvalue weighted by Gasteiger charge is -2.43. The van der Waals surface area contributed by atoms with Gasteiger partial charge in [0, 0.05) is 36.9 Å². The fourth-order valence-electron chi connectivity index (χ4n) is 2.91. The molecule has 0 aliphatic carbocycles. The van der Waals surface area contributed by atoms with Crippen LogP contribution in [-0.4, -0.2) is 56.8 Å². The number of ether oxygens (including phenoxy) is 1. The molecule has 0 spiro atoms. The lowest BCUT2D eigenvalue weighted by Crippen LogP contribution is -2.57. The number of hydrogen-bond acceptors (Lipinski definition) is 3. The Labute approximate surface area is 173 Å². The van der Waals surface area contributed by atoms with Gasteiger partial charge in [-0.25, -0.2) is 4.99 Å². The van der Waals surface area contributed by atoms with Crippen molar-refractivity contribution in [3.05, 3.63) is 34.9 Å². The Morgan fingerprint density at radius 3 is 2.52 bits per heavy atom. The highest BCUT2D eigenvalue weighted by Crippen LogP contribution is 2.25. The van der Waals surface area contributed by atoms with Crippen LogP contribution in [0.5, 0.6) is 0 Å². The van der Waals surface area contributed by atoms with E-state index >= 15 is 0 Å². The smallest absolute Gasteiger partial charge is 0.191 e. The standard InChI is InChI=1S/C18H29ClN4O.HI/c1-4-20-17(21-13-15-7-5-6-8-16(15)19)22-14-18(23(2)3)9-11-24-12-10-18;/h5-8H,4,9-14H2,1-3H3,(H2,20,21,22);1H. The maximum absolute atomic E-state index is 6.22. The molecule has 25 heavy (non-hydrogen) atoms. The first-order valence-electron chi connectivity index (χ1n) is 8.58. The highest BCUT2D eigenvalue weighted by atomic mass is 127. The van der Waals surface area contributed by atoms with Crippen molar-refractivity contribution in [2.75, 3.05) is 40.4 Å². The Bertz CT molecular complexity index is 548. The summed E-state index contributed by atoms with van der Waals surface area (Å²) >= 11 is 6.22. The van der Waals surface area contributed by atoms with E-state index in [-0.39, 0.29) is 29.5 Å². The number of likely N-dealkylation sites (N-methyl/N-ethyl adjacent to an activating group) is 1. The Balaban J connectivity index is 0.00000312. The lowest BCUT2D eigenvalue weighted by molar-refractivity contribution is -0.00501. The maximum Gasteiger partial charge on any atom is 0.191 e. The van der Waals surface area contributed by atoms with E-state index in [9.17, 15) is 0 Å². The molecule has 0 radical (unpaired) electrons. The van der Waals surface area contributed by atoms with Crippen molar-refractivity contribution in [1.82, 2.24) is 15.5 Å². The van der Waals surface area contributed by atoms with Crippen molar-refractivity contribution in [1.29, 1.82) is 0 Å². The van der Waals surface area contributed by atoms with Crippen LogP contribution >= 0.6 is 35.6 Å². The zero-order chi connectivity index (χ0) is 17.4. The van der Waals surface area contributed by atoms with Crippen LogP contribution in [0, 0.1) is 0 Å². The van der Waals surface area contributed by atoms with Crippen LogP contribution in [0.2, 0.25) is 5.02 Å². The summed E-state index contributed by atoms with van der Waals surface area (Å²) < 4.78 is 5.53. The highest BCUT2D eigenvalue weighted by Gasteiger charge is 2.34. The Morgan fingerprint density at radius 1 is 1.24 bits per heavy atom. The number of aliphatic imine (C=N–C) groups is 1. The molecule has 1 heterocycles. The summed E-state index contributed by atoms with van der Waals surface area (Å²) in [6, 6.07) is 7.83. The number of nitrogens with one attached hydrogen (secondary N) is 2. The van der Waals surface area contributed by atoms with Crippen molar-refractivity contribution < 1.29 is 4.74 Å². The molecule has 0 amide bonds. The van der Waals surface area contributed by atoms with Crippen LogP contribution < -0.4 is 10.6 Å². The fourth-order valence-corrected chi connectivity index (χ4v) is 3.11. The normalized spacial score (nSPS) is 17.1. The molecule has 2 rings (SSSR count). The first-order valence-corrected chi connectivity index (χ1v) is 8.96. The van der Waals surface area contributed by atoms with Crippen LogP contribution in [0.25, 0.3) is 0 Å². The van der Waals surface area contributed by atoms with Gasteiger partial charge in [0.1, 0.15) is 0 Å². The second-order valence-electron chi connectivity index (χ2n) is 6.37. The van der Waals surface area contributed by atoms with Gasteiger partial charge in [-0.15, -0.1) is 24.0 Å². The number of hydrogen-bond donors (Lipinski definition) is 2. The number of halogens is 2. The molecular formula is C18H30ClIN4O. The zero-order valence-corrected chi connectivity index (χ0v) is 18.4. The summed E-state index contributed by atoms with van der Waals surface area (Å²) in [4.78, 5) is 6.99. The van der Waals surface area contributed by atoms with Crippen molar-refractivity contribution >= 4 is 41.5 Å². The molecule has 0 aromatic heterocycles. The molecule has 1 fully saturated rings. The van der Waals surface area contributed by atoms with E-state index in [0.717, 1.165) is 55.7 Å². The van der Waals surface area contributed by atoms with Crippen LogP contribution in [0.4, 0.5) is 0 Å². The zero-order valence-electron chi connectivity index (χ0n) is 15.3. The molecule has 7 heteroatoms. The van der Waals surface area contributed by atoms with Gasteiger partial charge in [0.2, 0.25) is 0 Å². The van der Waals surface area contributed by atoms with Gasteiger partial charge in [-0.3, -0.25) is 0 Å². The molecule has 1 aromatic rings. The molecule has 1 aliphatic rings. The second-order valence-corrected chi connectivity index (χ2v) is 6.78. The first kappa shape index (κ1) is 22.5. The molecule has 5 nitrogen and oxygen atoms in total. The van der Waals surface area contributed by atoms with Crippen LogP contribution in [0.1, 0.15) is 25.3 Å². The van der Waals surface area contributed by atoms with Gasteiger partial charge in [0.15, 0.2) is 5.96 Å². The predicted octanol–water partition coefficient (Wildman–Crippen LogP) is 3.12. The summed E-state index contributed by atoms with van der Waals surface area (Å²) in [6.07, 6.45) is 2.05. The van der Waals surface area contributed by atoms with Crippen molar-refractivity contribution in [2.24, 2.45) is 4.99 Å². The van der Waals surface area contributed by atoms with E-state index in [1.54, 1.807) is 0 Å². The van der Waals surface area contributed by atoms with Crippen molar-refractivity contribution in [2.45, 2.75) is 31.8 Å². The van der Waals surface area contributed by atoms with E-state index in [4.69, 9.17) is 16.3 Å². The summed E-state index contributed by atoms with van der Waals surface area (Å²) in [5.74, 6) is 0.824. The minimum Gasteiger partial charge on any atom is -0.381 e. The summed E-state index contributed by atoms with van der Waals surface area (Å²) in [6.45, 7) is 5.93. The Morgan fingerprint density at radius 2 is 1.92 bits per heavy atom. The van der Waals surface area contributed by atoms with Gasteiger partial charge in [-0.1, -0.05) is 29.8 Å². The van der Waals surface area contributed by atoms with Gasteiger partial charge < -0.3 is 20.3 Å². The number of benzene rings is 1. The van der Waals surface area contributed by atoms with Crippen LogP contribution in [0.15, 0.2) is 29.3 Å². The summed E-state index contributed by atoms with van der Waals surface area (Å²) in [5, 5.41) is 7.57. The maximum atomic E-state index is 6.22. The van der Waals surface area contributed by atoms with E-state index in [2.05, 4.69) is 41.5 Å². The van der Waals surface area contributed by atoms with Gasteiger partial charge in [0.25, 0.3) is 0 Å². The third-order valence-corrected chi connectivity index (χ3v) is 5.04. The molecule has 1 saturated heterocycles. The Hall–Kier alpha value is -0.570. The predicted molar refractivity (Wildman–Crippen MR) is 116 cm³/mol. The monoisotopic (exact) mass is 480 g/mol. The van der Waals surface area contributed by atoms with E-state index in [1.165, 1.54) is 0 Å². The molecular weight excluding hydrogens is 451 g/mol. The average molecular weight is 481 g/mol. The first-order chi connectivity index (χ1) is 11.6. The van der Waals surface area contributed by atoms with Crippen molar-refractivity contribution in [3.8, 4) is 0 Å². The molecule has 0 atom stereocenters. The average Bonchev–Trinajstić information content (AvgIpc) is 2.59. The van der Waals surface area contributed by atoms with Gasteiger partial charge in [-0.05, 0) is 45.5 Å². The highest BCUT2D eigenvalue weighted by molar-refractivity contribution is 14.0. The van der Waals surface area contributed by atoms with Crippen LogP contribution in [-0.2, 0) is 11.3 Å². The number of nitrogens with zero attached hydrogens (tertiary/aromatic N) is 2. The van der Waals surface area contributed by atoms with E-state index in [1.807, 2.05) is 24.3 Å². The number of guanidine groups is 1. The van der Waals surface area contributed by atoms with Crippen molar-refractivity contribution in [3.63, 3.8) is 0 Å². The SMILES string of the molecule is CCNC(=NCc1ccccc1Cl)NCC1(N(C)C)CCOCC1.I. The molecule has 0 unspecified atom stereocenters. The van der Waals surface area contributed by atoms with Gasteiger partial charge in [-0.2, -0.15) is 0 Å². The van der Waals surface area contributed by atoms with E-state index in [0.29, 0.717) is 6.54 Å². The Kier molecular flexibility index (Phi) is 10.1. The quantitative estimate of drug-likeness (QED) is 0.373. The van der Waals surface area contributed by atoms with E-state index < -0.39 is 0 Å².